The number of nitrogens with zero attached hydrogens (tertiary/aromatic N) is 1. The number of Topliss-reactive ketones (excluding diaryl/α,β-unsaturated/α-hetero) is 1. The van der Waals surface area contributed by atoms with Crippen molar-refractivity contribution in [1.29, 1.82) is 0 Å². The third kappa shape index (κ3) is 3.10. The van der Waals surface area contributed by atoms with Gasteiger partial charge in [-0.2, -0.15) is 0 Å². The van der Waals surface area contributed by atoms with Crippen molar-refractivity contribution in [2.24, 2.45) is 0 Å². The highest BCUT2D eigenvalue weighted by molar-refractivity contribution is 6.20. The summed E-state index contributed by atoms with van der Waals surface area (Å²) in [5, 5.41) is 2.88. The lowest BCUT2D eigenvalue weighted by molar-refractivity contribution is -0.122. The van der Waals surface area contributed by atoms with E-state index in [1.165, 1.54) is 13.5 Å². The van der Waals surface area contributed by atoms with E-state index in [0.717, 1.165) is 19.5 Å². The highest BCUT2D eigenvalue weighted by Gasteiger charge is 2.27. The predicted molar refractivity (Wildman–Crippen MR) is 76.1 cm³/mol. The SMILES string of the molecule is CCN1CCCC1CNC(=O)C1=C(OC)C=CCC1=O. The van der Waals surface area contributed by atoms with Crippen LogP contribution >= 0.6 is 0 Å². The molecule has 5 nitrogen and oxygen atoms in total. The predicted octanol–water partition coefficient (Wildman–Crippen LogP) is 1.02. The molecule has 1 unspecified atom stereocenters. The van der Waals surface area contributed by atoms with E-state index in [9.17, 15) is 9.59 Å². The zero-order valence-corrected chi connectivity index (χ0v) is 12.1. The average molecular weight is 278 g/mol. The average Bonchev–Trinajstić information content (AvgIpc) is 2.91. The third-order valence-electron chi connectivity index (χ3n) is 3.95. The molecule has 5 heteroatoms. The lowest BCUT2D eigenvalue weighted by Crippen LogP contribution is -2.41. The summed E-state index contributed by atoms with van der Waals surface area (Å²) in [6.07, 6.45) is 5.93. The molecular weight excluding hydrogens is 256 g/mol. The molecule has 1 fully saturated rings. The van der Waals surface area contributed by atoms with Gasteiger partial charge >= 0.3 is 0 Å². The molecule has 0 saturated carbocycles. The molecule has 1 saturated heterocycles. The van der Waals surface area contributed by atoms with E-state index in [1.807, 2.05) is 0 Å². The second kappa shape index (κ2) is 6.70. The Kier molecular flexibility index (Phi) is 4.95. The van der Waals surface area contributed by atoms with Crippen molar-refractivity contribution in [3.8, 4) is 0 Å². The molecule has 2 rings (SSSR count). The lowest BCUT2D eigenvalue weighted by atomic mass is 10.0. The molecule has 0 bridgehead atoms. The number of carbonyl (C=O) groups excluding carboxylic acids is 2. The molecule has 0 aromatic rings. The van der Waals surface area contributed by atoms with Gasteiger partial charge < -0.3 is 10.1 Å². The van der Waals surface area contributed by atoms with Gasteiger partial charge in [-0.25, -0.2) is 0 Å². The lowest BCUT2D eigenvalue weighted by Gasteiger charge is -2.23. The van der Waals surface area contributed by atoms with Gasteiger partial charge in [0.15, 0.2) is 5.78 Å². The topological polar surface area (TPSA) is 58.6 Å². The van der Waals surface area contributed by atoms with E-state index in [-0.39, 0.29) is 23.7 Å². The number of nitrogens with one attached hydrogen (secondary N) is 1. The van der Waals surface area contributed by atoms with E-state index in [4.69, 9.17) is 4.74 Å². The first-order valence-corrected chi connectivity index (χ1v) is 7.17. The summed E-state index contributed by atoms with van der Waals surface area (Å²) in [5.74, 6) is -0.141. The standard InChI is InChI=1S/C15H22N2O3/c1-3-17-9-5-6-11(17)10-16-15(19)14-12(18)7-4-8-13(14)20-2/h4,8,11H,3,5-7,9-10H2,1-2H3,(H,16,19). The fourth-order valence-electron chi connectivity index (χ4n) is 2.85. The van der Waals surface area contributed by atoms with E-state index in [0.29, 0.717) is 18.3 Å². The van der Waals surface area contributed by atoms with Crippen molar-refractivity contribution in [3.05, 3.63) is 23.5 Å². The molecule has 20 heavy (non-hydrogen) atoms. The Labute approximate surface area is 119 Å². The second-order valence-corrected chi connectivity index (χ2v) is 5.11. The molecule has 1 aliphatic carbocycles. The van der Waals surface area contributed by atoms with Gasteiger partial charge in [0.1, 0.15) is 11.3 Å². The fourth-order valence-corrected chi connectivity index (χ4v) is 2.85. The van der Waals surface area contributed by atoms with Gasteiger partial charge in [0.25, 0.3) is 5.91 Å². The molecule has 0 radical (unpaired) electrons. The maximum Gasteiger partial charge on any atom is 0.258 e. The van der Waals surface area contributed by atoms with Gasteiger partial charge in [-0.15, -0.1) is 0 Å². The summed E-state index contributed by atoms with van der Waals surface area (Å²) in [6.45, 7) is 4.80. The normalized spacial score (nSPS) is 23.3. The number of carbonyl (C=O) groups is 2. The van der Waals surface area contributed by atoms with Crippen molar-refractivity contribution < 1.29 is 14.3 Å². The van der Waals surface area contributed by atoms with Crippen molar-refractivity contribution >= 4 is 11.7 Å². The first kappa shape index (κ1) is 14.8. The molecule has 1 heterocycles. The molecule has 1 atom stereocenters. The molecule has 1 amide bonds. The summed E-state index contributed by atoms with van der Waals surface area (Å²) < 4.78 is 5.11. The van der Waals surface area contributed by atoms with Gasteiger partial charge in [0.2, 0.25) is 0 Å². The monoisotopic (exact) mass is 278 g/mol. The number of ether oxygens (including phenoxy) is 1. The van der Waals surface area contributed by atoms with Gasteiger partial charge in [0, 0.05) is 19.0 Å². The van der Waals surface area contributed by atoms with Gasteiger partial charge in [0.05, 0.1) is 7.11 Å². The highest BCUT2D eigenvalue weighted by atomic mass is 16.5. The number of rotatable bonds is 5. The van der Waals surface area contributed by atoms with Crippen LogP contribution in [0.25, 0.3) is 0 Å². The van der Waals surface area contributed by atoms with Crippen LogP contribution in [-0.4, -0.2) is 49.4 Å². The zero-order valence-electron chi connectivity index (χ0n) is 12.1. The smallest absolute Gasteiger partial charge is 0.258 e. The summed E-state index contributed by atoms with van der Waals surface area (Å²) >= 11 is 0. The maximum atomic E-state index is 12.2. The van der Waals surface area contributed by atoms with E-state index >= 15 is 0 Å². The van der Waals surface area contributed by atoms with Crippen LogP contribution in [0.3, 0.4) is 0 Å². The van der Waals surface area contributed by atoms with Crippen molar-refractivity contribution in [3.63, 3.8) is 0 Å². The Balaban J connectivity index is 1.99. The fraction of sp³-hybridized carbons (Fsp3) is 0.600. The van der Waals surface area contributed by atoms with Crippen LogP contribution in [0, 0.1) is 0 Å². The minimum atomic E-state index is -0.320. The van der Waals surface area contributed by atoms with Gasteiger partial charge in [-0.3, -0.25) is 14.5 Å². The summed E-state index contributed by atoms with van der Waals surface area (Å²) in [5.41, 5.74) is 0.149. The first-order valence-electron chi connectivity index (χ1n) is 7.17. The van der Waals surface area contributed by atoms with Crippen LogP contribution in [0.15, 0.2) is 23.5 Å². The molecule has 0 aromatic carbocycles. The molecule has 2 aliphatic rings. The van der Waals surface area contributed by atoms with Crippen LogP contribution in [0.2, 0.25) is 0 Å². The second-order valence-electron chi connectivity index (χ2n) is 5.11. The first-order chi connectivity index (χ1) is 9.67. The summed E-state index contributed by atoms with van der Waals surface area (Å²) in [4.78, 5) is 26.4. The molecule has 1 N–H and O–H groups in total. The zero-order chi connectivity index (χ0) is 14.5. The van der Waals surface area contributed by atoms with Crippen LogP contribution in [0.5, 0.6) is 0 Å². The van der Waals surface area contributed by atoms with Crippen LogP contribution in [0.4, 0.5) is 0 Å². The Morgan fingerprint density at radius 1 is 1.55 bits per heavy atom. The molecule has 0 spiro atoms. The molecule has 1 aliphatic heterocycles. The number of amides is 1. The number of methoxy groups -OCH3 is 1. The van der Waals surface area contributed by atoms with Gasteiger partial charge in [-0.1, -0.05) is 13.0 Å². The maximum absolute atomic E-state index is 12.2. The molecule has 110 valence electrons. The molecule has 0 aromatic heterocycles. The van der Waals surface area contributed by atoms with Crippen LogP contribution < -0.4 is 5.32 Å². The van der Waals surface area contributed by atoms with E-state index < -0.39 is 0 Å². The quantitative estimate of drug-likeness (QED) is 0.763. The summed E-state index contributed by atoms with van der Waals surface area (Å²) in [6, 6.07) is 0.379. The van der Waals surface area contributed by atoms with E-state index in [1.54, 1.807) is 12.2 Å². The molecular formula is C15H22N2O3. The van der Waals surface area contributed by atoms with Gasteiger partial charge in [-0.05, 0) is 32.0 Å². The number of likely N-dealkylation sites (N-methyl/N-ethyl adjacent to an activating group) is 1. The summed E-state index contributed by atoms with van der Waals surface area (Å²) in [7, 11) is 1.47. The number of hydrogen-bond donors (Lipinski definition) is 1. The highest BCUT2D eigenvalue weighted by Crippen LogP contribution is 2.18. The Morgan fingerprint density at radius 3 is 3.05 bits per heavy atom. The largest absolute Gasteiger partial charge is 0.496 e. The Hall–Kier alpha value is -1.62. The number of hydrogen-bond acceptors (Lipinski definition) is 4. The van der Waals surface area contributed by atoms with Crippen molar-refractivity contribution in [1.82, 2.24) is 10.2 Å². The number of ketones is 1. The van der Waals surface area contributed by atoms with Crippen LogP contribution in [-0.2, 0) is 14.3 Å². The van der Waals surface area contributed by atoms with E-state index in [2.05, 4.69) is 17.1 Å². The third-order valence-corrected chi connectivity index (χ3v) is 3.95. The Bertz CT molecular complexity index is 454. The minimum Gasteiger partial charge on any atom is -0.496 e. The van der Waals surface area contributed by atoms with Crippen molar-refractivity contribution in [2.75, 3.05) is 26.7 Å². The van der Waals surface area contributed by atoms with Crippen LogP contribution in [0.1, 0.15) is 26.2 Å². The Morgan fingerprint density at radius 2 is 2.35 bits per heavy atom. The number of likely N-dealkylation sites (tertiary alicyclic amines) is 1. The van der Waals surface area contributed by atoms with Crippen molar-refractivity contribution in [2.45, 2.75) is 32.2 Å². The minimum absolute atomic E-state index is 0.149. The number of allylic oxidation sites excluding steroid dienone is 2.